The normalized spacial score (nSPS) is 17.0. The van der Waals surface area contributed by atoms with Gasteiger partial charge in [0.05, 0.1) is 5.92 Å². The van der Waals surface area contributed by atoms with Crippen molar-refractivity contribution in [1.29, 1.82) is 0 Å². The second kappa shape index (κ2) is 9.53. The summed E-state index contributed by atoms with van der Waals surface area (Å²) in [5.74, 6) is 0.111. The van der Waals surface area contributed by atoms with Crippen LogP contribution in [-0.2, 0) is 4.79 Å². The summed E-state index contributed by atoms with van der Waals surface area (Å²) in [5, 5.41) is 6.17. The highest BCUT2D eigenvalue weighted by molar-refractivity contribution is 5.96. The Kier molecular flexibility index (Phi) is 8.06. The van der Waals surface area contributed by atoms with E-state index in [-0.39, 0.29) is 30.1 Å². The molecule has 1 fully saturated rings. The van der Waals surface area contributed by atoms with Gasteiger partial charge in [-0.2, -0.15) is 0 Å². The number of nitrogens with zero attached hydrogens (tertiary/aromatic N) is 1. The molecule has 1 aromatic carbocycles. The molecule has 0 saturated carbocycles. The molecule has 1 atom stereocenters. The van der Waals surface area contributed by atoms with Crippen LogP contribution in [0.2, 0.25) is 0 Å². The smallest absolute Gasteiger partial charge is 0.253 e. The SMILES string of the molecule is CCN(CC)C(=O)c1ccc(NC(=O)[C@@H]2CCCNC2)cc1.Cl. The molecule has 1 aromatic rings. The lowest BCUT2D eigenvalue weighted by molar-refractivity contribution is -0.120. The molecule has 0 aromatic heterocycles. The topological polar surface area (TPSA) is 61.4 Å². The molecule has 2 rings (SSSR count). The molecule has 2 N–H and O–H groups in total. The van der Waals surface area contributed by atoms with Crippen LogP contribution in [0.1, 0.15) is 37.0 Å². The first-order valence-electron chi connectivity index (χ1n) is 8.06. The average Bonchev–Trinajstić information content (AvgIpc) is 2.57. The maximum absolute atomic E-state index is 12.2. The molecule has 1 aliphatic heterocycles. The molecule has 0 unspecified atom stereocenters. The van der Waals surface area contributed by atoms with Crippen molar-refractivity contribution in [2.75, 3.05) is 31.5 Å². The highest BCUT2D eigenvalue weighted by Gasteiger charge is 2.21. The Morgan fingerprint density at radius 2 is 1.87 bits per heavy atom. The van der Waals surface area contributed by atoms with Gasteiger partial charge < -0.3 is 15.5 Å². The molecule has 1 saturated heterocycles. The molecular weight excluding hydrogens is 314 g/mol. The van der Waals surface area contributed by atoms with E-state index < -0.39 is 0 Å². The molecule has 1 aliphatic rings. The van der Waals surface area contributed by atoms with Crippen molar-refractivity contribution in [3.63, 3.8) is 0 Å². The zero-order valence-corrected chi connectivity index (χ0v) is 14.6. The number of piperidine rings is 1. The summed E-state index contributed by atoms with van der Waals surface area (Å²) in [6.45, 7) is 7.06. The van der Waals surface area contributed by atoms with Crippen molar-refractivity contribution in [1.82, 2.24) is 10.2 Å². The maximum Gasteiger partial charge on any atom is 0.253 e. The minimum Gasteiger partial charge on any atom is -0.339 e. The van der Waals surface area contributed by atoms with Crippen molar-refractivity contribution in [2.24, 2.45) is 5.92 Å². The number of carbonyl (C=O) groups excluding carboxylic acids is 2. The largest absolute Gasteiger partial charge is 0.339 e. The zero-order valence-electron chi connectivity index (χ0n) is 13.8. The molecule has 0 radical (unpaired) electrons. The van der Waals surface area contributed by atoms with Gasteiger partial charge in [0.25, 0.3) is 5.91 Å². The van der Waals surface area contributed by atoms with Gasteiger partial charge in [0.2, 0.25) is 5.91 Å². The van der Waals surface area contributed by atoms with Gasteiger partial charge in [0.15, 0.2) is 0 Å². The molecule has 0 spiro atoms. The van der Waals surface area contributed by atoms with Gasteiger partial charge in [0.1, 0.15) is 0 Å². The third-order valence-electron chi connectivity index (χ3n) is 4.12. The second-order valence-corrected chi connectivity index (χ2v) is 5.59. The number of benzene rings is 1. The first-order chi connectivity index (χ1) is 10.7. The lowest BCUT2D eigenvalue weighted by atomic mass is 9.99. The second-order valence-electron chi connectivity index (χ2n) is 5.59. The van der Waals surface area contributed by atoms with Gasteiger partial charge in [-0.05, 0) is 57.5 Å². The van der Waals surface area contributed by atoms with E-state index in [1.165, 1.54) is 0 Å². The van der Waals surface area contributed by atoms with E-state index in [1.54, 1.807) is 29.2 Å². The van der Waals surface area contributed by atoms with Gasteiger partial charge in [-0.1, -0.05) is 0 Å². The average molecular weight is 340 g/mol. The summed E-state index contributed by atoms with van der Waals surface area (Å²) in [5.41, 5.74) is 1.40. The molecule has 6 heteroatoms. The number of carbonyl (C=O) groups is 2. The number of amides is 2. The Hall–Kier alpha value is -1.59. The number of halogens is 1. The molecule has 1 heterocycles. The number of hydrogen-bond acceptors (Lipinski definition) is 3. The minimum atomic E-state index is 0. The van der Waals surface area contributed by atoms with Crippen molar-refractivity contribution in [3.8, 4) is 0 Å². The highest BCUT2D eigenvalue weighted by atomic mass is 35.5. The van der Waals surface area contributed by atoms with Gasteiger partial charge in [0, 0.05) is 30.9 Å². The van der Waals surface area contributed by atoms with E-state index in [1.807, 2.05) is 13.8 Å². The molecule has 5 nitrogen and oxygen atoms in total. The first kappa shape index (κ1) is 19.5. The summed E-state index contributed by atoms with van der Waals surface area (Å²) in [6.07, 6.45) is 1.97. The van der Waals surface area contributed by atoms with Crippen molar-refractivity contribution in [3.05, 3.63) is 29.8 Å². The van der Waals surface area contributed by atoms with E-state index >= 15 is 0 Å². The van der Waals surface area contributed by atoms with E-state index in [9.17, 15) is 9.59 Å². The number of nitrogens with one attached hydrogen (secondary N) is 2. The predicted molar refractivity (Wildman–Crippen MR) is 95.2 cm³/mol. The van der Waals surface area contributed by atoms with Crippen LogP contribution < -0.4 is 10.6 Å². The summed E-state index contributed by atoms with van der Waals surface area (Å²) >= 11 is 0. The fourth-order valence-corrected chi connectivity index (χ4v) is 2.71. The fourth-order valence-electron chi connectivity index (χ4n) is 2.71. The monoisotopic (exact) mass is 339 g/mol. The van der Waals surface area contributed by atoms with Crippen LogP contribution in [0, 0.1) is 5.92 Å². The van der Waals surface area contributed by atoms with Crippen molar-refractivity contribution < 1.29 is 9.59 Å². The van der Waals surface area contributed by atoms with E-state index in [0.717, 1.165) is 31.6 Å². The highest BCUT2D eigenvalue weighted by Crippen LogP contribution is 2.16. The Labute approximate surface area is 144 Å². The Morgan fingerprint density at radius 3 is 2.39 bits per heavy atom. The number of hydrogen-bond donors (Lipinski definition) is 2. The molecule has 2 amide bonds. The number of rotatable bonds is 5. The van der Waals surface area contributed by atoms with Crippen LogP contribution in [-0.4, -0.2) is 42.9 Å². The van der Waals surface area contributed by atoms with E-state index in [4.69, 9.17) is 0 Å². The van der Waals surface area contributed by atoms with Gasteiger partial charge >= 0.3 is 0 Å². The van der Waals surface area contributed by atoms with Gasteiger partial charge in [-0.15, -0.1) is 12.4 Å². The Balaban J connectivity index is 0.00000264. The fraction of sp³-hybridized carbons (Fsp3) is 0.529. The Morgan fingerprint density at radius 1 is 1.22 bits per heavy atom. The molecular formula is C17H26ClN3O2. The zero-order chi connectivity index (χ0) is 15.9. The standard InChI is InChI=1S/C17H25N3O2.ClH/c1-3-20(4-2)17(22)13-7-9-15(10-8-13)19-16(21)14-6-5-11-18-12-14;/h7-10,14,18H,3-6,11-12H2,1-2H3,(H,19,21);1H/t14-;/m1./s1. The summed E-state index contributed by atoms with van der Waals surface area (Å²) in [7, 11) is 0. The summed E-state index contributed by atoms with van der Waals surface area (Å²) in [4.78, 5) is 26.2. The minimum absolute atomic E-state index is 0. The lowest BCUT2D eigenvalue weighted by Gasteiger charge is -2.22. The van der Waals surface area contributed by atoms with Crippen LogP contribution in [0.25, 0.3) is 0 Å². The predicted octanol–water partition coefficient (Wildman–Crippen LogP) is 2.53. The Bertz CT molecular complexity index is 509. The van der Waals surface area contributed by atoms with Crippen molar-refractivity contribution >= 4 is 29.9 Å². The summed E-state index contributed by atoms with van der Waals surface area (Å²) < 4.78 is 0. The van der Waals surface area contributed by atoms with Gasteiger partial charge in [-0.25, -0.2) is 0 Å². The van der Waals surface area contributed by atoms with E-state index in [0.29, 0.717) is 18.7 Å². The van der Waals surface area contributed by atoms with Crippen LogP contribution in [0.5, 0.6) is 0 Å². The quantitative estimate of drug-likeness (QED) is 0.866. The van der Waals surface area contributed by atoms with Crippen LogP contribution >= 0.6 is 12.4 Å². The third-order valence-corrected chi connectivity index (χ3v) is 4.12. The van der Waals surface area contributed by atoms with Gasteiger partial charge in [-0.3, -0.25) is 9.59 Å². The third kappa shape index (κ3) is 5.22. The van der Waals surface area contributed by atoms with E-state index in [2.05, 4.69) is 10.6 Å². The van der Waals surface area contributed by atoms with Crippen molar-refractivity contribution in [2.45, 2.75) is 26.7 Å². The molecule has 0 aliphatic carbocycles. The van der Waals surface area contributed by atoms with Crippen LogP contribution in [0.15, 0.2) is 24.3 Å². The molecule has 0 bridgehead atoms. The molecule has 128 valence electrons. The molecule has 23 heavy (non-hydrogen) atoms. The first-order valence-corrected chi connectivity index (χ1v) is 8.06. The van der Waals surface area contributed by atoms with Crippen LogP contribution in [0.4, 0.5) is 5.69 Å². The lowest BCUT2D eigenvalue weighted by Crippen LogP contribution is -2.37. The maximum atomic E-state index is 12.2. The van der Waals surface area contributed by atoms with Crippen LogP contribution in [0.3, 0.4) is 0 Å². The summed E-state index contributed by atoms with van der Waals surface area (Å²) in [6, 6.07) is 7.14. The number of anilines is 1.